The predicted octanol–water partition coefficient (Wildman–Crippen LogP) is 3.56. The summed E-state index contributed by atoms with van der Waals surface area (Å²) in [5.41, 5.74) is 2.78. The first-order chi connectivity index (χ1) is 9.53. The van der Waals surface area contributed by atoms with Crippen molar-refractivity contribution < 1.29 is 0 Å². The summed E-state index contributed by atoms with van der Waals surface area (Å²) in [6.07, 6.45) is 2.56. The fourth-order valence-electron chi connectivity index (χ4n) is 2.67. The van der Waals surface area contributed by atoms with Crippen molar-refractivity contribution in [2.75, 3.05) is 26.7 Å². The fourth-order valence-corrected chi connectivity index (χ4v) is 2.67. The van der Waals surface area contributed by atoms with Gasteiger partial charge >= 0.3 is 0 Å². The van der Waals surface area contributed by atoms with Gasteiger partial charge in [0.05, 0.1) is 0 Å². The molecule has 0 spiro atoms. The summed E-state index contributed by atoms with van der Waals surface area (Å²) in [6.45, 7) is 9.85. The monoisotopic (exact) mass is 401 g/mol. The van der Waals surface area contributed by atoms with Gasteiger partial charge in [-0.3, -0.25) is 4.99 Å². The standard InChI is InChI=1S/C17H27N3.HI/c1-14-7-9-15(10-8-14)17(2,3)13-19-16(18-4)20-11-5-6-12-20;/h7-10H,5-6,11-13H2,1-4H3,(H,18,19);1H. The van der Waals surface area contributed by atoms with Crippen LogP contribution in [0.25, 0.3) is 0 Å². The highest BCUT2D eigenvalue weighted by molar-refractivity contribution is 14.0. The molecule has 0 aromatic heterocycles. The third kappa shape index (κ3) is 4.87. The molecule has 118 valence electrons. The van der Waals surface area contributed by atoms with Crippen molar-refractivity contribution in [2.45, 2.75) is 39.0 Å². The summed E-state index contributed by atoms with van der Waals surface area (Å²) in [6, 6.07) is 8.84. The van der Waals surface area contributed by atoms with E-state index in [0.717, 1.165) is 25.6 Å². The van der Waals surface area contributed by atoms with Crippen LogP contribution in [0.15, 0.2) is 29.3 Å². The number of likely N-dealkylation sites (tertiary alicyclic amines) is 1. The zero-order chi connectivity index (χ0) is 14.6. The maximum atomic E-state index is 4.41. The molecule has 1 fully saturated rings. The third-order valence-corrected chi connectivity index (χ3v) is 4.14. The molecule has 3 nitrogen and oxygen atoms in total. The van der Waals surface area contributed by atoms with Gasteiger partial charge in [0.15, 0.2) is 5.96 Å². The van der Waals surface area contributed by atoms with Gasteiger partial charge < -0.3 is 10.2 Å². The van der Waals surface area contributed by atoms with Crippen molar-refractivity contribution in [1.82, 2.24) is 10.2 Å². The van der Waals surface area contributed by atoms with Crippen molar-refractivity contribution in [3.8, 4) is 0 Å². The van der Waals surface area contributed by atoms with Gasteiger partial charge in [0.25, 0.3) is 0 Å². The largest absolute Gasteiger partial charge is 0.355 e. The predicted molar refractivity (Wildman–Crippen MR) is 102 cm³/mol. The van der Waals surface area contributed by atoms with Gasteiger partial charge in [0.1, 0.15) is 0 Å². The van der Waals surface area contributed by atoms with Crippen LogP contribution in [0, 0.1) is 6.92 Å². The lowest BCUT2D eigenvalue weighted by Crippen LogP contribution is -2.44. The van der Waals surface area contributed by atoms with Crippen LogP contribution in [0.1, 0.15) is 37.8 Å². The Morgan fingerprint density at radius 2 is 1.76 bits per heavy atom. The molecule has 0 bridgehead atoms. The Kier molecular flexibility index (Phi) is 6.97. The van der Waals surface area contributed by atoms with Gasteiger partial charge in [-0.25, -0.2) is 0 Å². The summed E-state index contributed by atoms with van der Waals surface area (Å²) in [5, 5.41) is 3.54. The van der Waals surface area contributed by atoms with Gasteiger partial charge in [-0.05, 0) is 25.3 Å². The molecule has 2 rings (SSSR count). The molecule has 0 amide bonds. The van der Waals surface area contributed by atoms with Crippen LogP contribution in [0.3, 0.4) is 0 Å². The maximum absolute atomic E-state index is 4.41. The first-order valence-electron chi connectivity index (χ1n) is 7.56. The molecule has 21 heavy (non-hydrogen) atoms. The molecule has 1 aliphatic heterocycles. The van der Waals surface area contributed by atoms with E-state index in [1.165, 1.54) is 24.0 Å². The molecular formula is C17H28IN3. The van der Waals surface area contributed by atoms with Crippen molar-refractivity contribution in [3.63, 3.8) is 0 Å². The molecule has 1 N–H and O–H groups in total. The SMILES string of the molecule is CN=C(NCC(C)(C)c1ccc(C)cc1)N1CCCC1.I. The molecule has 1 aliphatic rings. The quantitative estimate of drug-likeness (QED) is 0.477. The van der Waals surface area contributed by atoms with Crippen LogP contribution >= 0.6 is 24.0 Å². The van der Waals surface area contributed by atoms with E-state index in [2.05, 4.69) is 60.2 Å². The number of hydrogen-bond donors (Lipinski definition) is 1. The van der Waals surface area contributed by atoms with Crippen LogP contribution in [0.5, 0.6) is 0 Å². The van der Waals surface area contributed by atoms with Crippen molar-refractivity contribution in [1.29, 1.82) is 0 Å². The first kappa shape index (κ1) is 18.3. The number of nitrogens with one attached hydrogen (secondary N) is 1. The Morgan fingerprint density at radius 3 is 2.29 bits per heavy atom. The lowest BCUT2D eigenvalue weighted by molar-refractivity contribution is 0.458. The second-order valence-corrected chi connectivity index (χ2v) is 6.34. The van der Waals surface area contributed by atoms with E-state index in [0.29, 0.717) is 0 Å². The molecule has 1 aromatic rings. The van der Waals surface area contributed by atoms with Crippen LogP contribution in [0.2, 0.25) is 0 Å². The summed E-state index contributed by atoms with van der Waals surface area (Å²) in [5.74, 6) is 1.04. The molecular weight excluding hydrogens is 373 g/mol. The molecule has 1 saturated heterocycles. The van der Waals surface area contributed by atoms with E-state index in [9.17, 15) is 0 Å². The highest BCUT2D eigenvalue weighted by Gasteiger charge is 2.23. The number of aliphatic imine (C=N–C) groups is 1. The Balaban J connectivity index is 0.00000220. The van der Waals surface area contributed by atoms with Gasteiger partial charge in [-0.1, -0.05) is 43.7 Å². The summed E-state index contributed by atoms with van der Waals surface area (Å²) in [4.78, 5) is 6.76. The minimum absolute atomic E-state index is 0. The highest BCUT2D eigenvalue weighted by Crippen LogP contribution is 2.22. The lowest BCUT2D eigenvalue weighted by atomic mass is 9.84. The average Bonchev–Trinajstić information content (AvgIpc) is 2.94. The number of rotatable bonds is 3. The van der Waals surface area contributed by atoms with E-state index in [1.807, 2.05) is 7.05 Å². The van der Waals surface area contributed by atoms with Crippen molar-refractivity contribution in [3.05, 3.63) is 35.4 Å². The van der Waals surface area contributed by atoms with E-state index < -0.39 is 0 Å². The number of benzene rings is 1. The van der Waals surface area contributed by atoms with E-state index in [-0.39, 0.29) is 29.4 Å². The molecule has 1 heterocycles. The van der Waals surface area contributed by atoms with Crippen LogP contribution < -0.4 is 5.32 Å². The third-order valence-electron chi connectivity index (χ3n) is 4.14. The topological polar surface area (TPSA) is 27.6 Å². The Labute approximate surface area is 146 Å². The average molecular weight is 401 g/mol. The molecule has 0 saturated carbocycles. The number of aryl methyl sites for hydroxylation is 1. The summed E-state index contributed by atoms with van der Waals surface area (Å²) in [7, 11) is 1.87. The van der Waals surface area contributed by atoms with Crippen LogP contribution in [-0.4, -0.2) is 37.5 Å². The first-order valence-corrected chi connectivity index (χ1v) is 7.56. The van der Waals surface area contributed by atoms with Gasteiger partial charge in [-0.15, -0.1) is 24.0 Å². The number of hydrogen-bond acceptors (Lipinski definition) is 1. The minimum Gasteiger partial charge on any atom is -0.355 e. The molecule has 0 aliphatic carbocycles. The molecule has 0 unspecified atom stereocenters. The highest BCUT2D eigenvalue weighted by atomic mass is 127. The lowest BCUT2D eigenvalue weighted by Gasteiger charge is -2.29. The number of nitrogens with zero attached hydrogens (tertiary/aromatic N) is 2. The zero-order valence-corrected chi connectivity index (χ0v) is 16.0. The Morgan fingerprint density at radius 1 is 1.19 bits per heavy atom. The van der Waals surface area contributed by atoms with Gasteiger partial charge in [0.2, 0.25) is 0 Å². The summed E-state index contributed by atoms with van der Waals surface area (Å²) >= 11 is 0. The van der Waals surface area contributed by atoms with E-state index in [4.69, 9.17) is 0 Å². The number of halogens is 1. The van der Waals surface area contributed by atoms with Crippen molar-refractivity contribution in [2.24, 2.45) is 4.99 Å². The second-order valence-electron chi connectivity index (χ2n) is 6.34. The Hall–Kier alpha value is -0.780. The van der Waals surface area contributed by atoms with E-state index in [1.54, 1.807) is 0 Å². The van der Waals surface area contributed by atoms with Gasteiger partial charge in [-0.2, -0.15) is 0 Å². The Bertz CT molecular complexity index is 459. The molecule has 4 heteroatoms. The maximum Gasteiger partial charge on any atom is 0.193 e. The minimum atomic E-state index is 0. The second kappa shape index (κ2) is 8.01. The number of guanidine groups is 1. The molecule has 0 radical (unpaired) electrons. The van der Waals surface area contributed by atoms with Crippen LogP contribution in [-0.2, 0) is 5.41 Å². The summed E-state index contributed by atoms with van der Waals surface area (Å²) < 4.78 is 0. The molecule has 1 aromatic carbocycles. The van der Waals surface area contributed by atoms with Crippen LogP contribution in [0.4, 0.5) is 0 Å². The van der Waals surface area contributed by atoms with Gasteiger partial charge in [0, 0.05) is 32.1 Å². The fraction of sp³-hybridized carbons (Fsp3) is 0.588. The smallest absolute Gasteiger partial charge is 0.193 e. The normalized spacial score (nSPS) is 15.8. The zero-order valence-electron chi connectivity index (χ0n) is 13.6. The van der Waals surface area contributed by atoms with Crippen molar-refractivity contribution >= 4 is 29.9 Å². The molecule has 0 atom stereocenters. The van der Waals surface area contributed by atoms with E-state index >= 15 is 0 Å².